The molecule has 1 aromatic heterocycles. The molecule has 0 radical (unpaired) electrons. The summed E-state index contributed by atoms with van der Waals surface area (Å²) in [5.41, 5.74) is 3.07. The normalized spacial score (nSPS) is 10.5. The van der Waals surface area contributed by atoms with Gasteiger partial charge in [-0.15, -0.1) is 0 Å². The topological polar surface area (TPSA) is 22.0 Å². The molecule has 0 atom stereocenters. The first kappa shape index (κ1) is 13.7. The minimum Gasteiger partial charge on any atom is -0.310 e. The number of nitrogens with zero attached hydrogens (tertiary/aromatic N) is 1. The summed E-state index contributed by atoms with van der Waals surface area (Å²) in [5, 5.41) is 0.688. The van der Waals surface area contributed by atoms with Crippen molar-refractivity contribution in [2.75, 3.05) is 0 Å². The molecule has 0 bridgehead atoms. The van der Waals surface area contributed by atoms with Gasteiger partial charge in [-0.1, -0.05) is 54.1 Å². The average molecular weight is 296 g/mol. The van der Waals surface area contributed by atoms with Gasteiger partial charge in [-0.25, -0.2) is 0 Å². The van der Waals surface area contributed by atoms with Crippen LogP contribution in [0.2, 0.25) is 5.02 Å². The Morgan fingerprint density at radius 2 is 1.67 bits per heavy atom. The Bertz CT molecular complexity index is 809. The van der Waals surface area contributed by atoms with Gasteiger partial charge >= 0.3 is 0 Å². The van der Waals surface area contributed by atoms with Crippen LogP contribution in [0.3, 0.4) is 0 Å². The number of halogens is 1. The number of pyridine rings is 1. The molecule has 0 N–H and O–H groups in total. The minimum absolute atomic E-state index is 0.00960. The monoisotopic (exact) mass is 295 g/mol. The van der Waals surface area contributed by atoms with Crippen LogP contribution in [0.4, 0.5) is 0 Å². The molecule has 3 heteroatoms. The molecule has 0 fully saturated rings. The largest absolute Gasteiger partial charge is 0.310 e. The summed E-state index contributed by atoms with van der Waals surface area (Å²) in [7, 11) is 0. The molecule has 0 saturated carbocycles. The molecular formula is C18H14ClNO. The van der Waals surface area contributed by atoms with E-state index >= 15 is 0 Å². The van der Waals surface area contributed by atoms with E-state index in [-0.39, 0.29) is 5.56 Å². The number of hydrogen-bond donors (Lipinski definition) is 0. The second-order valence-electron chi connectivity index (χ2n) is 4.88. The zero-order valence-corrected chi connectivity index (χ0v) is 12.1. The van der Waals surface area contributed by atoms with Crippen molar-refractivity contribution < 1.29 is 0 Å². The SMILES string of the molecule is O=c1ccc(-c2cccc(Cl)c2)cn1Cc1ccccc1. The van der Waals surface area contributed by atoms with Crippen molar-refractivity contribution in [2.24, 2.45) is 0 Å². The maximum absolute atomic E-state index is 12.0. The molecule has 0 unspecified atom stereocenters. The van der Waals surface area contributed by atoms with Gasteiger partial charge in [-0.3, -0.25) is 4.79 Å². The summed E-state index contributed by atoms with van der Waals surface area (Å²) in [6.07, 6.45) is 1.88. The molecule has 21 heavy (non-hydrogen) atoms. The van der Waals surface area contributed by atoms with Crippen LogP contribution < -0.4 is 5.56 Å². The van der Waals surface area contributed by atoms with E-state index in [1.807, 2.05) is 66.9 Å². The zero-order chi connectivity index (χ0) is 14.7. The summed E-state index contributed by atoms with van der Waals surface area (Å²) >= 11 is 6.03. The lowest BCUT2D eigenvalue weighted by atomic mass is 10.1. The molecule has 0 spiro atoms. The van der Waals surface area contributed by atoms with E-state index in [1.165, 1.54) is 0 Å². The van der Waals surface area contributed by atoms with Gasteiger partial charge < -0.3 is 4.57 Å². The third-order valence-corrected chi connectivity index (χ3v) is 3.57. The van der Waals surface area contributed by atoms with Gasteiger partial charge in [0.05, 0.1) is 6.54 Å². The standard InChI is InChI=1S/C18H14ClNO/c19-17-8-4-7-15(11-17)16-9-10-18(21)20(13-16)12-14-5-2-1-3-6-14/h1-11,13H,12H2. The lowest BCUT2D eigenvalue weighted by Gasteiger charge is -2.09. The molecule has 2 aromatic carbocycles. The van der Waals surface area contributed by atoms with E-state index in [2.05, 4.69) is 0 Å². The second kappa shape index (κ2) is 5.98. The van der Waals surface area contributed by atoms with Crippen LogP contribution in [-0.4, -0.2) is 4.57 Å². The molecule has 3 rings (SSSR count). The fourth-order valence-corrected chi connectivity index (χ4v) is 2.46. The highest BCUT2D eigenvalue weighted by molar-refractivity contribution is 6.30. The van der Waals surface area contributed by atoms with Crippen LogP contribution in [0.5, 0.6) is 0 Å². The van der Waals surface area contributed by atoms with Crippen molar-refractivity contribution in [1.82, 2.24) is 4.57 Å². The summed E-state index contributed by atoms with van der Waals surface area (Å²) in [4.78, 5) is 12.0. The molecular weight excluding hydrogens is 282 g/mol. The van der Waals surface area contributed by atoms with Crippen molar-refractivity contribution in [3.63, 3.8) is 0 Å². The lowest BCUT2D eigenvalue weighted by Crippen LogP contribution is -2.19. The van der Waals surface area contributed by atoms with Crippen molar-refractivity contribution in [2.45, 2.75) is 6.54 Å². The smallest absolute Gasteiger partial charge is 0.250 e. The third-order valence-electron chi connectivity index (χ3n) is 3.34. The average Bonchev–Trinajstić information content (AvgIpc) is 2.50. The lowest BCUT2D eigenvalue weighted by molar-refractivity contribution is 0.761. The van der Waals surface area contributed by atoms with E-state index in [1.54, 1.807) is 10.6 Å². The molecule has 2 nitrogen and oxygen atoms in total. The maximum atomic E-state index is 12.0. The second-order valence-corrected chi connectivity index (χ2v) is 5.32. The Labute approximate surface area is 128 Å². The number of benzene rings is 2. The Balaban J connectivity index is 1.99. The van der Waals surface area contributed by atoms with Crippen molar-refractivity contribution >= 4 is 11.6 Å². The summed E-state index contributed by atoms with van der Waals surface area (Å²) < 4.78 is 1.71. The van der Waals surface area contributed by atoms with Gasteiger partial charge in [-0.05, 0) is 34.9 Å². The zero-order valence-electron chi connectivity index (χ0n) is 11.4. The van der Waals surface area contributed by atoms with E-state index < -0.39 is 0 Å². The highest BCUT2D eigenvalue weighted by Gasteiger charge is 2.03. The van der Waals surface area contributed by atoms with Gasteiger partial charge in [0.15, 0.2) is 0 Å². The fraction of sp³-hybridized carbons (Fsp3) is 0.0556. The van der Waals surface area contributed by atoms with E-state index in [0.717, 1.165) is 16.7 Å². The summed E-state index contributed by atoms with van der Waals surface area (Å²) in [6.45, 7) is 0.564. The van der Waals surface area contributed by atoms with Gasteiger partial charge in [-0.2, -0.15) is 0 Å². The fourth-order valence-electron chi connectivity index (χ4n) is 2.27. The number of hydrogen-bond acceptors (Lipinski definition) is 1. The van der Waals surface area contributed by atoms with Gasteiger partial charge in [0.25, 0.3) is 5.56 Å². The van der Waals surface area contributed by atoms with E-state index in [9.17, 15) is 4.79 Å². The first-order chi connectivity index (χ1) is 10.2. The molecule has 0 aliphatic rings. The third kappa shape index (κ3) is 3.23. The molecule has 104 valence electrons. The van der Waals surface area contributed by atoms with Crippen molar-refractivity contribution in [1.29, 1.82) is 0 Å². The van der Waals surface area contributed by atoms with Gasteiger partial charge in [0.2, 0.25) is 0 Å². The first-order valence-electron chi connectivity index (χ1n) is 6.73. The van der Waals surface area contributed by atoms with Crippen LogP contribution >= 0.6 is 11.6 Å². The quantitative estimate of drug-likeness (QED) is 0.709. The Kier molecular flexibility index (Phi) is 3.89. The maximum Gasteiger partial charge on any atom is 0.250 e. The van der Waals surface area contributed by atoms with Crippen LogP contribution in [0.25, 0.3) is 11.1 Å². The molecule has 0 aliphatic carbocycles. The summed E-state index contributed by atoms with van der Waals surface area (Å²) in [5.74, 6) is 0. The van der Waals surface area contributed by atoms with Crippen LogP contribution in [0, 0.1) is 0 Å². The molecule has 3 aromatic rings. The van der Waals surface area contributed by atoms with Crippen LogP contribution in [0.15, 0.2) is 77.7 Å². The predicted molar refractivity (Wildman–Crippen MR) is 86.7 cm³/mol. The van der Waals surface area contributed by atoms with Crippen LogP contribution in [0.1, 0.15) is 5.56 Å². The number of aromatic nitrogens is 1. The molecule has 0 saturated heterocycles. The molecule has 1 heterocycles. The van der Waals surface area contributed by atoms with Gasteiger partial charge in [0.1, 0.15) is 0 Å². The van der Waals surface area contributed by atoms with E-state index in [4.69, 9.17) is 11.6 Å². The minimum atomic E-state index is -0.00960. The Hall–Kier alpha value is -2.32. The van der Waals surface area contributed by atoms with Gasteiger partial charge in [0, 0.05) is 17.3 Å². The van der Waals surface area contributed by atoms with Crippen LogP contribution in [-0.2, 0) is 6.54 Å². The summed E-state index contributed by atoms with van der Waals surface area (Å²) in [6, 6.07) is 21.0. The highest BCUT2D eigenvalue weighted by Crippen LogP contribution is 2.21. The Morgan fingerprint density at radius 3 is 2.43 bits per heavy atom. The number of rotatable bonds is 3. The highest BCUT2D eigenvalue weighted by atomic mass is 35.5. The van der Waals surface area contributed by atoms with E-state index in [0.29, 0.717) is 11.6 Å². The first-order valence-corrected chi connectivity index (χ1v) is 7.10. The molecule has 0 amide bonds. The Morgan fingerprint density at radius 1 is 0.857 bits per heavy atom. The predicted octanol–water partition coefficient (Wildman–Crippen LogP) is 4.22. The van der Waals surface area contributed by atoms with Crippen molar-refractivity contribution in [3.8, 4) is 11.1 Å². The van der Waals surface area contributed by atoms with Crippen molar-refractivity contribution in [3.05, 3.63) is 93.9 Å². The molecule has 0 aliphatic heterocycles.